The summed E-state index contributed by atoms with van der Waals surface area (Å²) >= 11 is 0. The number of piperidine rings is 1. The van der Waals surface area contributed by atoms with E-state index in [-0.39, 0.29) is 5.91 Å². The molecular weight excluding hydrogens is 262 g/mol. The summed E-state index contributed by atoms with van der Waals surface area (Å²) in [6, 6.07) is 10.5. The standard InChI is InChI=1S/C17H27N3O/c1-2-11-19-17(16(18)21)9-13-20(14-10-17)12-8-15-6-4-3-5-7-15/h3-7,19H,2,8-14H2,1H3,(H2,18,21). The summed E-state index contributed by atoms with van der Waals surface area (Å²) in [5.41, 5.74) is 6.52. The number of likely N-dealkylation sites (tertiary alicyclic amines) is 1. The third-order valence-electron chi connectivity index (χ3n) is 4.45. The van der Waals surface area contributed by atoms with Crippen LogP contribution >= 0.6 is 0 Å². The van der Waals surface area contributed by atoms with E-state index in [2.05, 4.69) is 41.4 Å². The third-order valence-corrected chi connectivity index (χ3v) is 4.45. The second kappa shape index (κ2) is 7.57. The van der Waals surface area contributed by atoms with Gasteiger partial charge in [-0.15, -0.1) is 0 Å². The van der Waals surface area contributed by atoms with E-state index in [0.717, 1.165) is 51.9 Å². The predicted octanol–water partition coefficient (Wildman–Crippen LogP) is 1.55. The van der Waals surface area contributed by atoms with Crippen molar-refractivity contribution in [3.05, 3.63) is 35.9 Å². The van der Waals surface area contributed by atoms with Gasteiger partial charge in [0.05, 0.1) is 0 Å². The molecule has 0 saturated carbocycles. The molecule has 116 valence electrons. The average molecular weight is 289 g/mol. The zero-order valence-corrected chi connectivity index (χ0v) is 13.0. The van der Waals surface area contributed by atoms with Crippen molar-refractivity contribution < 1.29 is 4.79 Å². The molecule has 4 heteroatoms. The largest absolute Gasteiger partial charge is 0.368 e. The van der Waals surface area contributed by atoms with Gasteiger partial charge in [-0.2, -0.15) is 0 Å². The summed E-state index contributed by atoms with van der Waals surface area (Å²) < 4.78 is 0. The molecule has 1 aliphatic rings. The van der Waals surface area contributed by atoms with E-state index in [4.69, 9.17) is 5.73 Å². The molecule has 1 aliphatic heterocycles. The van der Waals surface area contributed by atoms with Gasteiger partial charge < -0.3 is 16.0 Å². The maximum atomic E-state index is 11.8. The molecule has 1 fully saturated rings. The molecule has 1 saturated heterocycles. The van der Waals surface area contributed by atoms with Gasteiger partial charge in [0.2, 0.25) is 5.91 Å². The van der Waals surface area contributed by atoms with Gasteiger partial charge in [0.1, 0.15) is 5.54 Å². The van der Waals surface area contributed by atoms with Crippen LogP contribution in [0.1, 0.15) is 31.7 Å². The normalized spacial score (nSPS) is 18.5. The molecule has 0 unspecified atom stereocenters. The number of carbonyl (C=O) groups excluding carboxylic acids is 1. The summed E-state index contributed by atoms with van der Waals surface area (Å²) in [4.78, 5) is 14.2. The molecule has 2 rings (SSSR count). The molecule has 0 atom stereocenters. The number of hydrogen-bond donors (Lipinski definition) is 2. The summed E-state index contributed by atoms with van der Waals surface area (Å²) in [7, 11) is 0. The molecule has 0 spiro atoms. The lowest BCUT2D eigenvalue weighted by molar-refractivity contribution is -0.126. The fourth-order valence-electron chi connectivity index (χ4n) is 2.96. The Kier molecular flexibility index (Phi) is 5.76. The van der Waals surface area contributed by atoms with Crippen LogP contribution in [0.4, 0.5) is 0 Å². The summed E-state index contributed by atoms with van der Waals surface area (Å²) in [6.45, 7) is 5.88. The number of nitrogens with two attached hydrogens (primary N) is 1. The lowest BCUT2D eigenvalue weighted by Gasteiger charge is -2.40. The van der Waals surface area contributed by atoms with Crippen LogP contribution in [0, 0.1) is 0 Å². The summed E-state index contributed by atoms with van der Waals surface area (Å²) in [6.07, 6.45) is 3.72. The van der Waals surface area contributed by atoms with Crippen LogP contribution in [-0.4, -0.2) is 42.5 Å². The van der Waals surface area contributed by atoms with Gasteiger partial charge in [-0.3, -0.25) is 4.79 Å². The van der Waals surface area contributed by atoms with Crippen molar-refractivity contribution >= 4 is 5.91 Å². The smallest absolute Gasteiger partial charge is 0.237 e. The quantitative estimate of drug-likeness (QED) is 0.800. The molecule has 0 aromatic heterocycles. The van der Waals surface area contributed by atoms with Crippen molar-refractivity contribution in [3.63, 3.8) is 0 Å². The number of nitrogens with one attached hydrogen (secondary N) is 1. The number of hydrogen-bond acceptors (Lipinski definition) is 3. The summed E-state index contributed by atoms with van der Waals surface area (Å²) in [5, 5.41) is 3.38. The molecule has 3 N–H and O–H groups in total. The number of amides is 1. The monoisotopic (exact) mass is 289 g/mol. The van der Waals surface area contributed by atoms with E-state index in [1.807, 2.05) is 6.07 Å². The van der Waals surface area contributed by atoms with Crippen LogP contribution in [0.3, 0.4) is 0 Å². The van der Waals surface area contributed by atoms with E-state index in [0.29, 0.717) is 0 Å². The van der Waals surface area contributed by atoms with E-state index >= 15 is 0 Å². The highest BCUT2D eigenvalue weighted by Crippen LogP contribution is 2.22. The Hall–Kier alpha value is -1.39. The first-order chi connectivity index (χ1) is 10.2. The molecule has 1 aromatic carbocycles. The van der Waals surface area contributed by atoms with Crippen molar-refractivity contribution in [1.29, 1.82) is 0 Å². The average Bonchev–Trinajstić information content (AvgIpc) is 2.53. The third kappa shape index (κ3) is 4.29. The summed E-state index contributed by atoms with van der Waals surface area (Å²) in [5.74, 6) is -0.196. The van der Waals surface area contributed by atoms with Gasteiger partial charge in [0.25, 0.3) is 0 Å². The molecule has 4 nitrogen and oxygen atoms in total. The van der Waals surface area contributed by atoms with Crippen LogP contribution in [0.2, 0.25) is 0 Å². The second-order valence-corrected chi connectivity index (χ2v) is 5.95. The number of primary amides is 1. The minimum absolute atomic E-state index is 0.196. The van der Waals surface area contributed by atoms with Gasteiger partial charge in [-0.25, -0.2) is 0 Å². The highest BCUT2D eigenvalue weighted by atomic mass is 16.1. The second-order valence-electron chi connectivity index (χ2n) is 5.95. The van der Waals surface area contributed by atoms with Gasteiger partial charge in [0.15, 0.2) is 0 Å². The molecule has 1 aromatic rings. The van der Waals surface area contributed by atoms with Crippen molar-refractivity contribution in [3.8, 4) is 0 Å². The van der Waals surface area contributed by atoms with Crippen LogP contribution in [0.25, 0.3) is 0 Å². The number of carbonyl (C=O) groups is 1. The molecule has 1 heterocycles. The Bertz CT molecular complexity index is 439. The zero-order chi connectivity index (χ0) is 15.1. The van der Waals surface area contributed by atoms with E-state index in [9.17, 15) is 4.79 Å². The molecule has 21 heavy (non-hydrogen) atoms. The van der Waals surface area contributed by atoms with Crippen LogP contribution in [0.15, 0.2) is 30.3 Å². The number of benzene rings is 1. The van der Waals surface area contributed by atoms with Crippen molar-refractivity contribution in [2.24, 2.45) is 5.73 Å². The van der Waals surface area contributed by atoms with Gasteiger partial charge >= 0.3 is 0 Å². The fraction of sp³-hybridized carbons (Fsp3) is 0.588. The Morgan fingerprint density at radius 2 is 1.95 bits per heavy atom. The Balaban J connectivity index is 1.82. The minimum atomic E-state index is -0.487. The molecule has 1 amide bonds. The maximum absolute atomic E-state index is 11.8. The van der Waals surface area contributed by atoms with E-state index in [1.165, 1.54) is 5.56 Å². The maximum Gasteiger partial charge on any atom is 0.237 e. The molecular formula is C17H27N3O. The topological polar surface area (TPSA) is 58.4 Å². The lowest BCUT2D eigenvalue weighted by Crippen LogP contribution is -2.61. The minimum Gasteiger partial charge on any atom is -0.368 e. The van der Waals surface area contributed by atoms with Crippen molar-refractivity contribution in [2.75, 3.05) is 26.2 Å². The first-order valence-corrected chi connectivity index (χ1v) is 7.97. The number of rotatable bonds is 7. The lowest BCUT2D eigenvalue weighted by atomic mass is 9.86. The van der Waals surface area contributed by atoms with Crippen molar-refractivity contribution in [1.82, 2.24) is 10.2 Å². The molecule has 0 aliphatic carbocycles. The Morgan fingerprint density at radius 3 is 2.52 bits per heavy atom. The van der Waals surface area contributed by atoms with Gasteiger partial charge in [0, 0.05) is 19.6 Å². The Morgan fingerprint density at radius 1 is 1.29 bits per heavy atom. The van der Waals surface area contributed by atoms with Crippen molar-refractivity contribution in [2.45, 2.75) is 38.1 Å². The Labute approximate surface area is 127 Å². The first kappa shape index (κ1) is 16.0. The highest BCUT2D eigenvalue weighted by Gasteiger charge is 2.38. The zero-order valence-electron chi connectivity index (χ0n) is 13.0. The predicted molar refractivity (Wildman–Crippen MR) is 86.0 cm³/mol. The van der Waals surface area contributed by atoms with Crippen LogP contribution < -0.4 is 11.1 Å². The van der Waals surface area contributed by atoms with Crippen LogP contribution in [-0.2, 0) is 11.2 Å². The van der Waals surface area contributed by atoms with E-state index in [1.54, 1.807) is 0 Å². The molecule has 0 radical (unpaired) electrons. The highest BCUT2D eigenvalue weighted by molar-refractivity contribution is 5.84. The van der Waals surface area contributed by atoms with Crippen LogP contribution in [0.5, 0.6) is 0 Å². The molecule has 0 bridgehead atoms. The van der Waals surface area contributed by atoms with E-state index < -0.39 is 5.54 Å². The fourth-order valence-corrected chi connectivity index (χ4v) is 2.96. The SMILES string of the molecule is CCCNC1(C(N)=O)CCN(CCc2ccccc2)CC1. The number of nitrogens with zero attached hydrogens (tertiary/aromatic N) is 1. The van der Waals surface area contributed by atoms with Gasteiger partial charge in [-0.1, -0.05) is 37.3 Å². The first-order valence-electron chi connectivity index (χ1n) is 7.97. The van der Waals surface area contributed by atoms with Gasteiger partial charge in [-0.05, 0) is 37.8 Å².